The summed E-state index contributed by atoms with van der Waals surface area (Å²) < 4.78 is 5.47. The van der Waals surface area contributed by atoms with Crippen LogP contribution >= 0.6 is 0 Å². The molecule has 0 amide bonds. The molecule has 1 aliphatic carbocycles. The first-order valence-corrected chi connectivity index (χ1v) is 6.32. The van der Waals surface area contributed by atoms with Crippen LogP contribution in [0.5, 0.6) is 0 Å². The molecule has 0 saturated carbocycles. The lowest BCUT2D eigenvalue weighted by Crippen LogP contribution is -2.13. The van der Waals surface area contributed by atoms with Crippen molar-refractivity contribution in [3.05, 3.63) is 51.2 Å². The quantitative estimate of drug-likeness (QED) is 0.904. The molecular formula is C15H16N2O2. The van der Waals surface area contributed by atoms with Crippen molar-refractivity contribution in [2.24, 2.45) is 0 Å². The lowest BCUT2D eigenvalue weighted by molar-refractivity contribution is 0.218. The molecule has 0 fully saturated rings. The highest BCUT2D eigenvalue weighted by molar-refractivity contribution is 5.70. The molecule has 1 heterocycles. The van der Waals surface area contributed by atoms with Crippen molar-refractivity contribution < 1.29 is 4.74 Å². The standard InChI is InChI=1S/C15H16N2O2/c1-3-19-13-6-4-11(5-7-13)14-8-12(9-16)15(18)17-10(14)2/h4,6,8H,3,5,7H2,1-2H3,(H,17,18). The fraction of sp³-hybridized carbons (Fsp3) is 0.333. The van der Waals surface area contributed by atoms with Crippen LogP contribution in [-0.4, -0.2) is 11.6 Å². The van der Waals surface area contributed by atoms with Crippen molar-refractivity contribution in [3.8, 4) is 6.07 Å². The summed E-state index contributed by atoms with van der Waals surface area (Å²) in [6.45, 7) is 4.48. The topological polar surface area (TPSA) is 65.9 Å². The monoisotopic (exact) mass is 256 g/mol. The molecule has 0 aliphatic heterocycles. The second kappa shape index (κ2) is 5.57. The highest BCUT2D eigenvalue weighted by Crippen LogP contribution is 2.28. The van der Waals surface area contributed by atoms with Gasteiger partial charge in [0.2, 0.25) is 0 Å². The molecule has 0 atom stereocenters. The first-order valence-electron chi connectivity index (χ1n) is 6.32. The third-order valence-corrected chi connectivity index (χ3v) is 3.15. The van der Waals surface area contributed by atoms with E-state index in [0.717, 1.165) is 35.4 Å². The van der Waals surface area contributed by atoms with E-state index in [2.05, 4.69) is 4.98 Å². The van der Waals surface area contributed by atoms with E-state index in [-0.39, 0.29) is 11.1 Å². The molecule has 1 aliphatic rings. The van der Waals surface area contributed by atoms with Gasteiger partial charge >= 0.3 is 0 Å². The summed E-state index contributed by atoms with van der Waals surface area (Å²) in [6, 6.07) is 3.59. The Morgan fingerprint density at radius 1 is 1.42 bits per heavy atom. The number of ether oxygens (including phenoxy) is 1. The van der Waals surface area contributed by atoms with Gasteiger partial charge < -0.3 is 9.72 Å². The molecule has 0 saturated heterocycles. The minimum Gasteiger partial charge on any atom is -0.498 e. The van der Waals surface area contributed by atoms with E-state index >= 15 is 0 Å². The van der Waals surface area contributed by atoms with Crippen molar-refractivity contribution >= 4 is 5.57 Å². The third kappa shape index (κ3) is 2.76. The van der Waals surface area contributed by atoms with Gasteiger partial charge in [0.1, 0.15) is 11.6 Å². The maximum Gasteiger partial charge on any atom is 0.266 e. The Bertz CT molecular complexity index is 645. The molecule has 19 heavy (non-hydrogen) atoms. The minimum absolute atomic E-state index is 0.154. The van der Waals surface area contributed by atoms with E-state index in [1.807, 2.05) is 32.1 Å². The molecular weight excluding hydrogens is 240 g/mol. The zero-order valence-electron chi connectivity index (χ0n) is 11.1. The normalized spacial score (nSPS) is 14.4. The van der Waals surface area contributed by atoms with Crippen LogP contribution in [0.2, 0.25) is 0 Å². The lowest BCUT2D eigenvalue weighted by Gasteiger charge is -2.16. The van der Waals surface area contributed by atoms with Gasteiger partial charge in [-0.05, 0) is 43.5 Å². The average molecular weight is 256 g/mol. The average Bonchev–Trinajstić information content (AvgIpc) is 2.41. The predicted octanol–water partition coefficient (Wildman–Crippen LogP) is 2.65. The molecule has 1 aromatic heterocycles. The molecule has 0 aromatic carbocycles. The van der Waals surface area contributed by atoms with E-state index < -0.39 is 0 Å². The zero-order chi connectivity index (χ0) is 13.8. The molecule has 2 rings (SSSR count). The number of pyridine rings is 1. The van der Waals surface area contributed by atoms with Crippen LogP contribution < -0.4 is 5.56 Å². The van der Waals surface area contributed by atoms with Crippen molar-refractivity contribution in [1.29, 1.82) is 5.26 Å². The van der Waals surface area contributed by atoms with Gasteiger partial charge in [-0.25, -0.2) is 0 Å². The van der Waals surface area contributed by atoms with Gasteiger partial charge in [0.15, 0.2) is 0 Å². The molecule has 0 unspecified atom stereocenters. The smallest absolute Gasteiger partial charge is 0.266 e. The Balaban J connectivity index is 2.39. The van der Waals surface area contributed by atoms with E-state index in [0.29, 0.717) is 6.61 Å². The van der Waals surface area contributed by atoms with Crippen molar-refractivity contribution in [1.82, 2.24) is 4.98 Å². The van der Waals surface area contributed by atoms with Crippen LogP contribution in [0, 0.1) is 18.3 Å². The number of rotatable bonds is 3. The van der Waals surface area contributed by atoms with Crippen LogP contribution in [0.4, 0.5) is 0 Å². The van der Waals surface area contributed by atoms with Crippen LogP contribution in [0.25, 0.3) is 5.57 Å². The van der Waals surface area contributed by atoms with Crippen LogP contribution in [0.1, 0.15) is 36.6 Å². The van der Waals surface area contributed by atoms with Gasteiger partial charge in [-0.3, -0.25) is 4.79 Å². The fourth-order valence-corrected chi connectivity index (χ4v) is 2.19. The number of nitrogens with one attached hydrogen (secondary N) is 1. The van der Waals surface area contributed by atoms with E-state index in [1.54, 1.807) is 6.07 Å². The Morgan fingerprint density at radius 2 is 2.21 bits per heavy atom. The summed E-state index contributed by atoms with van der Waals surface area (Å²) in [5.41, 5.74) is 2.67. The predicted molar refractivity (Wildman–Crippen MR) is 73.4 cm³/mol. The van der Waals surface area contributed by atoms with Gasteiger partial charge in [-0.1, -0.05) is 6.08 Å². The maximum absolute atomic E-state index is 11.5. The molecule has 1 aromatic rings. The van der Waals surface area contributed by atoms with Gasteiger partial charge in [0.05, 0.1) is 12.4 Å². The number of nitriles is 1. The number of aromatic amines is 1. The summed E-state index contributed by atoms with van der Waals surface area (Å²) in [6.07, 6.45) is 5.65. The van der Waals surface area contributed by atoms with Gasteiger partial charge in [-0.2, -0.15) is 5.26 Å². The summed E-state index contributed by atoms with van der Waals surface area (Å²) in [4.78, 5) is 14.2. The first kappa shape index (κ1) is 13.2. The van der Waals surface area contributed by atoms with Crippen molar-refractivity contribution in [2.45, 2.75) is 26.7 Å². The number of aryl methyl sites for hydroxylation is 1. The van der Waals surface area contributed by atoms with E-state index in [9.17, 15) is 4.79 Å². The zero-order valence-corrected chi connectivity index (χ0v) is 11.1. The third-order valence-electron chi connectivity index (χ3n) is 3.15. The molecule has 0 bridgehead atoms. The van der Waals surface area contributed by atoms with Crippen molar-refractivity contribution in [2.75, 3.05) is 6.61 Å². The second-order valence-electron chi connectivity index (χ2n) is 4.42. The van der Waals surface area contributed by atoms with E-state index in [1.165, 1.54) is 0 Å². The number of nitrogens with zero attached hydrogens (tertiary/aromatic N) is 1. The molecule has 4 heteroatoms. The van der Waals surface area contributed by atoms with Gasteiger partial charge in [-0.15, -0.1) is 0 Å². The number of aromatic nitrogens is 1. The Labute approximate surface area is 112 Å². The number of allylic oxidation sites excluding steroid dienone is 4. The minimum atomic E-state index is -0.328. The molecule has 0 radical (unpaired) electrons. The highest BCUT2D eigenvalue weighted by atomic mass is 16.5. The number of hydrogen-bond acceptors (Lipinski definition) is 3. The number of hydrogen-bond donors (Lipinski definition) is 1. The molecule has 1 N–H and O–H groups in total. The van der Waals surface area contributed by atoms with Crippen LogP contribution in [-0.2, 0) is 4.74 Å². The molecule has 0 spiro atoms. The van der Waals surface area contributed by atoms with Crippen LogP contribution in [0.15, 0.2) is 28.8 Å². The maximum atomic E-state index is 11.5. The molecule has 4 nitrogen and oxygen atoms in total. The second-order valence-corrected chi connectivity index (χ2v) is 4.42. The van der Waals surface area contributed by atoms with Crippen molar-refractivity contribution in [3.63, 3.8) is 0 Å². The first-order chi connectivity index (χ1) is 9.15. The van der Waals surface area contributed by atoms with E-state index in [4.69, 9.17) is 10.00 Å². The SMILES string of the molecule is CCOC1=CC=C(c2cc(C#N)c(=O)[nH]c2C)CC1. The summed E-state index contributed by atoms with van der Waals surface area (Å²) in [7, 11) is 0. The summed E-state index contributed by atoms with van der Waals surface area (Å²) >= 11 is 0. The summed E-state index contributed by atoms with van der Waals surface area (Å²) in [5.74, 6) is 0.980. The van der Waals surface area contributed by atoms with Gasteiger partial charge in [0.25, 0.3) is 5.56 Å². The van der Waals surface area contributed by atoms with Gasteiger partial charge in [0, 0.05) is 12.1 Å². The summed E-state index contributed by atoms with van der Waals surface area (Å²) in [5, 5.41) is 8.92. The van der Waals surface area contributed by atoms with Crippen LogP contribution in [0.3, 0.4) is 0 Å². The highest BCUT2D eigenvalue weighted by Gasteiger charge is 2.13. The Kier molecular flexibility index (Phi) is 3.86. The lowest BCUT2D eigenvalue weighted by atomic mass is 9.95. The fourth-order valence-electron chi connectivity index (χ4n) is 2.19. The largest absolute Gasteiger partial charge is 0.498 e. The Hall–Kier alpha value is -2.28. The Morgan fingerprint density at radius 3 is 2.79 bits per heavy atom. The molecule has 98 valence electrons. The number of H-pyrrole nitrogens is 1.